The number of carbonyl (C=O) groups is 2. The first-order valence-electron chi connectivity index (χ1n) is 9.16. The first-order valence-corrected chi connectivity index (χ1v) is 9.54. The van der Waals surface area contributed by atoms with E-state index in [9.17, 15) is 9.59 Å². The van der Waals surface area contributed by atoms with E-state index in [1.54, 1.807) is 13.1 Å². The zero-order valence-corrected chi connectivity index (χ0v) is 17.4. The van der Waals surface area contributed by atoms with Crippen molar-refractivity contribution < 1.29 is 14.3 Å². The molecule has 150 valence electrons. The molecule has 0 aliphatic heterocycles. The Morgan fingerprint density at radius 3 is 2.54 bits per heavy atom. The van der Waals surface area contributed by atoms with Gasteiger partial charge in [0.05, 0.1) is 5.69 Å². The van der Waals surface area contributed by atoms with Gasteiger partial charge >= 0.3 is 5.97 Å². The molecule has 0 bridgehead atoms. The summed E-state index contributed by atoms with van der Waals surface area (Å²) in [4.78, 5) is 24.8. The highest BCUT2D eigenvalue weighted by atomic mass is 35.5. The number of benzene rings is 1. The van der Waals surface area contributed by atoms with E-state index in [2.05, 4.69) is 10.4 Å². The predicted molar refractivity (Wildman–Crippen MR) is 110 cm³/mol. The second-order valence-corrected chi connectivity index (χ2v) is 7.39. The monoisotopic (exact) mass is 403 g/mol. The van der Waals surface area contributed by atoms with Crippen LogP contribution < -0.4 is 5.32 Å². The van der Waals surface area contributed by atoms with Gasteiger partial charge in [-0.15, -0.1) is 0 Å². The zero-order valence-electron chi connectivity index (χ0n) is 16.6. The molecule has 1 atom stereocenters. The number of ether oxygens (including phenoxy) is 1. The molecule has 0 aliphatic carbocycles. The largest absolute Gasteiger partial charge is 0.459 e. The maximum Gasteiger partial charge on any atom is 0.328 e. The average molecular weight is 404 g/mol. The van der Waals surface area contributed by atoms with Crippen LogP contribution in [0, 0.1) is 12.8 Å². The van der Waals surface area contributed by atoms with Crippen LogP contribution >= 0.6 is 11.6 Å². The Hall–Kier alpha value is -2.60. The molecule has 0 radical (unpaired) electrons. The fourth-order valence-corrected chi connectivity index (χ4v) is 2.97. The Morgan fingerprint density at radius 2 is 1.96 bits per heavy atom. The standard InChI is InChI=1S/C21H26ClN3O3/c1-14(2)12-18(21(27)28-13-16-8-6-5-7-9-16)23-19(26)11-10-17-15(3)24-25(4)20(17)22/h5-11,14,18H,12-13H2,1-4H3,(H,23,26)/t18-/m0/s1. The Labute approximate surface area is 170 Å². The summed E-state index contributed by atoms with van der Waals surface area (Å²) in [6.45, 7) is 5.95. The van der Waals surface area contributed by atoms with Gasteiger partial charge < -0.3 is 10.1 Å². The van der Waals surface area contributed by atoms with Gasteiger partial charge in [-0.05, 0) is 30.9 Å². The lowest BCUT2D eigenvalue weighted by molar-refractivity contribution is -0.149. The van der Waals surface area contributed by atoms with E-state index in [0.717, 1.165) is 11.3 Å². The van der Waals surface area contributed by atoms with Crippen molar-refractivity contribution in [3.05, 3.63) is 58.4 Å². The molecule has 1 aromatic heterocycles. The maximum atomic E-state index is 12.5. The van der Waals surface area contributed by atoms with E-state index < -0.39 is 12.0 Å². The van der Waals surface area contributed by atoms with Crippen molar-refractivity contribution >= 4 is 29.6 Å². The summed E-state index contributed by atoms with van der Waals surface area (Å²) in [5.74, 6) is -0.620. The van der Waals surface area contributed by atoms with Gasteiger partial charge in [0.1, 0.15) is 17.8 Å². The first-order chi connectivity index (χ1) is 13.3. The minimum atomic E-state index is -0.716. The first kappa shape index (κ1) is 21.7. The predicted octanol–water partition coefficient (Wildman–Crippen LogP) is 3.67. The molecule has 2 rings (SSSR count). The molecule has 1 aromatic carbocycles. The number of carbonyl (C=O) groups excluding carboxylic acids is 2. The van der Waals surface area contributed by atoms with Crippen molar-refractivity contribution in [1.82, 2.24) is 15.1 Å². The summed E-state index contributed by atoms with van der Waals surface area (Å²) >= 11 is 6.17. The molecule has 0 spiro atoms. The quantitative estimate of drug-likeness (QED) is 0.539. The van der Waals surface area contributed by atoms with Crippen molar-refractivity contribution in [2.24, 2.45) is 13.0 Å². The molecule has 2 aromatic rings. The van der Waals surface area contributed by atoms with E-state index in [-0.39, 0.29) is 18.4 Å². The van der Waals surface area contributed by atoms with Gasteiger partial charge in [-0.3, -0.25) is 9.48 Å². The number of nitrogens with one attached hydrogen (secondary N) is 1. The minimum Gasteiger partial charge on any atom is -0.459 e. The number of nitrogens with zero attached hydrogens (tertiary/aromatic N) is 2. The molecule has 6 nitrogen and oxygen atoms in total. The van der Waals surface area contributed by atoms with Crippen LogP contribution in [-0.2, 0) is 28.0 Å². The number of hydrogen-bond acceptors (Lipinski definition) is 4. The van der Waals surface area contributed by atoms with Crippen LogP contribution in [0.25, 0.3) is 6.08 Å². The number of rotatable bonds is 8. The second-order valence-electron chi connectivity index (χ2n) is 7.03. The summed E-state index contributed by atoms with van der Waals surface area (Å²) in [5, 5.41) is 7.37. The molecule has 0 saturated carbocycles. The number of halogens is 1. The van der Waals surface area contributed by atoms with Crippen LogP contribution in [0.3, 0.4) is 0 Å². The highest BCUT2D eigenvalue weighted by molar-refractivity contribution is 6.31. The Balaban J connectivity index is 2.00. The highest BCUT2D eigenvalue weighted by Crippen LogP contribution is 2.20. The van der Waals surface area contributed by atoms with Gasteiger partial charge in [-0.2, -0.15) is 5.10 Å². The molecule has 0 unspecified atom stereocenters. The third-order valence-electron chi connectivity index (χ3n) is 4.13. The molecule has 0 fully saturated rings. The molecule has 0 saturated heterocycles. The lowest BCUT2D eigenvalue weighted by Gasteiger charge is -2.18. The number of amides is 1. The van der Waals surface area contributed by atoms with Gasteiger partial charge in [0, 0.05) is 18.7 Å². The molecule has 28 heavy (non-hydrogen) atoms. The van der Waals surface area contributed by atoms with E-state index in [1.807, 2.05) is 51.1 Å². The van der Waals surface area contributed by atoms with Crippen LogP contribution in [0.5, 0.6) is 0 Å². The molecule has 7 heteroatoms. The Bertz CT molecular complexity index is 844. The maximum absolute atomic E-state index is 12.5. The Kier molecular flexibility index (Phi) is 7.81. The number of hydrogen-bond donors (Lipinski definition) is 1. The Morgan fingerprint density at radius 1 is 1.29 bits per heavy atom. The summed E-state index contributed by atoms with van der Waals surface area (Å²) in [6, 6.07) is 8.71. The van der Waals surface area contributed by atoms with Crippen molar-refractivity contribution in [2.45, 2.75) is 39.8 Å². The fraction of sp³-hybridized carbons (Fsp3) is 0.381. The van der Waals surface area contributed by atoms with Crippen molar-refractivity contribution in [2.75, 3.05) is 0 Å². The van der Waals surface area contributed by atoms with Crippen LogP contribution in [0.15, 0.2) is 36.4 Å². The number of aryl methyl sites for hydroxylation is 2. The van der Waals surface area contributed by atoms with Crippen LogP contribution in [0.1, 0.15) is 37.1 Å². The molecule has 1 heterocycles. The smallest absolute Gasteiger partial charge is 0.328 e. The van der Waals surface area contributed by atoms with E-state index in [0.29, 0.717) is 17.1 Å². The highest BCUT2D eigenvalue weighted by Gasteiger charge is 2.23. The van der Waals surface area contributed by atoms with E-state index >= 15 is 0 Å². The molecular formula is C21H26ClN3O3. The van der Waals surface area contributed by atoms with Crippen LogP contribution in [0.2, 0.25) is 5.15 Å². The molecule has 1 N–H and O–H groups in total. The molecule has 0 aliphatic rings. The third kappa shape index (κ3) is 6.23. The molecular weight excluding hydrogens is 378 g/mol. The average Bonchev–Trinajstić information content (AvgIpc) is 2.89. The summed E-state index contributed by atoms with van der Waals surface area (Å²) in [6.07, 6.45) is 3.44. The number of esters is 1. The normalized spacial score (nSPS) is 12.4. The van der Waals surface area contributed by atoms with Gasteiger partial charge in [0.15, 0.2) is 0 Å². The zero-order chi connectivity index (χ0) is 20.7. The summed E-state index contributed by atoms with van der Waals surface area (Å²) in [5.41, 5.74) is 2.29. The lowest BCUT2D eigenvalue weighted by atomic mass is 10.0. The lowest BCUT2D eigenvalue weighted by Crippen LogP contribution is -2.42. The SMILES string of the molecule is Cc1nn(C)c(Cl)c1C=CC(=O)N[C@@H](CC(C)C)C(=O)OCc1ccccc1. The topological polar surface area (TPSA) is 73.2 Å². The van der Waals surface area contributed by atoms with Crippen molar-refractivity contribution in [3.8, 4) is 0 Å². The van der Waals surface area contributed by atoms with Crippen molar-refractivity contribution in [1.29, 1.82) is 0 Å². The van der Waals surface area contributed by atoms with Gasteiger partial charge in [0.2, 0.25) is 5.91 Å². The van der Waals surface area contributed by atoms with Crippen LogP contribution in [0.4, 0.5) is 0 Å². The third-order valence-corrected chi connectivity index (χ3v) is 4.58. The van der Waals surface area contributed by atoms with Crippen molar-refractivity contribution in [3.63, 3.8) is 0 Å². The second kappa shape index (κ2) is 10.1. The fourth-order valence-electron chi connectivity index (χ4n) is 2.73. The minimum absolute atomic E-state index is 0.171. The van der Waals surface area contributed by atoms with Gasteiger partial charge in [-0.1, -0.05) is 55.8 Å². The van der Waals surface area contributed by atoms with E-state index in [1.165, 1.54) is 10.8 Å². The van der Waals surface area contributed by atoms with Gasteiger partial charge in [0.25, 0.3) is 0 Å². The summed E-state index contributed by atoms with van der Waals surface area (Å²) < 4.78 is 6.92. The summed E-state index contributed by atoms with van der Waals surface area (Å²) in [7, 11) is 1.73. The van der Waals surface area contributed by atoms with Gasteiger partial charge in [-0.25, -0.2) is 4.79 Å². The van der Waals surface area contributed by atoms with E-state index in [4.69, 9.17) is 16.3 Å². The molecule has 1 amide bonds. The van der Waals surface area contributed by atoms with Crippen LogP contribution in [-0.4, -0.2) is 27.7 Å². The number of aromatic nitrogens is 2.